The molecule has 86 valence electrons. The first-order chi connectivity index (χ1) is 7.87. The maximum Gasteiger partial charge on any atom is 0.128 e. The van der Waals surface area contributed by atoms with Crippen LogP contribution in [-0.4, -0.2) is 30.6 Å². The van der Waals surface area contributed by atoms with E-state index >= 15 is 0 Å². The molecule has 4 rings (SSSR count). The van der Waals surface area contributed by atoms with Crippen LogP contribution < -0.4 is 5.32 Å². The van der Waals surface area contributed by atoms with Crippen LogP contribution in [0.1, 0.15) is 30.6 Å². The largest absolute Gasteiger partial charge is 0.467 e. The lowest BCUT2D eigenvalue weighted by Crippen LogP contribution is -2.48. The Morgan fingerprint density at radius 1 is 1.44 bits per heavy atom. The van der Waals surface area contributed by atoms with Gasteiger partial charge in [0.05, 0.1) is 11.8 Å². The van der Waals surface area contributed by atoms with Crippen molar-refractivity contribution in [2.45, 2.75) is 37.3 Å². The van der Waals surface area contributed by atoms with E-state index in [0.717, 1.165) is 25.6 Å². The summed E-state index contributed by atoms with van der Waals surface area (Å²) in [5.74, 6) is 1.22. The summed E-state index contributed by atoms with van der Waals surface area (Å²) in [6.07, 6.45) is 7.00. The maximum absolute atomic E-state index is 5.75. The van der Waals surface area contributed by atoms with Crippen LogP contribution >= 0.6 is 0 Å². The van der Waals surface area contributed by atoms with Gasteiger partial charge in [-0.15, -0.1) is 0 Å². The van der Waals surface area contributed by atoms with E-state index in [-0.39, 0.29) is 5.54 Å². The Kier molecular flexibility index (Phi) is 1.80. The maximum atomic E-state index is 5.75. The quantitative estimate of drug-likeness (QED) is 0.774. The second kappa shape index (κ2) is 3.11. The van der Waals surface area contributed by atoms with Crippen LogP contribution in [0.25, 0.3) is 0 Å². The standard InChI is InChI=1S/C13H18N2O/c1-2-11(1)15-7-5-13(9-15)12-10(3-6-14-13)4-8-16-12/h4,8,11,14H,1-3,5-7,9H2. The molecule has 3 heterocycles. The summed E-state index contributed by atoms with van der Waals surface area (Å²) < 4.78 is 5.75. The molecular formula is C13H18N2O. The van der Waals surface area contributed by atoms with Gasteiger partial charge in [-0.3, -0.25) is 4.90 Å². The normalized spacial score (nSPS) is 34.5. The Morgan fingerprint density at radius 2 is 2.38 bits per heavy atom. The fraction of sp³-hybridized carbons (Fsp3) is 0.692. The lowest BCUT2D eigenvalue weighted by Gasteiger charge is -2.33. The lowest BCUT2D eigenvalue weighted by atomic mass is 9.88. The third kappa shape index (κ3) is 1.22. The van der Waals surface area contributed by atoms with Crippen molar-refractivity contribution in [2.75, 3.05) is 19.6 Å². The van der Waals surface area contributed by atoms with Gasteiger partial charge >= 0.3 is 0 Å². The van der Waals surface area contributed by atoms with Gasteiger partial charge in [-0.05, 0) is 37.3 Å². The molecule has 1 aromatic heterocycles. The van der Waals surface area contributed by atoms with Gasteiger partial charge in [-0.2, -0.15) is 0 Å². The van der Waals surface area contributed by atoms with Crippen molar-refractivity contribution in [3.63, 3.8) is 0 Å². The van der Waals surface area contributed by atoms with Crippen molar-refractivity contribution in [3.8, 4) is 0 Å². The molecule has 0 amide bonds. The molecule has 0 bridgehead atoms. The first-order valence-corrected chi connectivity index (χ1v) is 6.43. The van der Waals surface area contributed by atoms with E-state index in [9.17, 15) is 0 Å². The van der Waals surface area contributed by atoms with E-state index in [4.69, 9.17) is 4.42 Å². The first-order valence-electron chi connectivity index (χ1n) is 6.43. The molecule has 1 unspecified atom stereocenters. The zero-order valence-electron chi connectivity index (χ0n) is 9.54. The van der Waals surface area contributed by atoms with Gasteiger partial charge in [0, 0.05) is 25.7 Å². The highest BCUT2D eigenvalue weighted by Gasteiger charge is 2.47. The van der Waals surface area contributed by atoms with Gasteiger partial charge in [0.25, 0.3) is 0 Å². The zero-order chi connectivity index (χ0) is 10.6. The minimum absolute atomic E-state index is 0.139. The topological polar surface area (TPSA) is 28.4 Å². The minimum Gasteiger partial charge on any atom is -0.467 e. The molecule has 1 aliphatic carbocycles. The predicted octanol–water partition coefficient (Wildman–Crippen LogP) is 1.49. The lowest BCUT2D eigenvalue weighted by molar-refractivity contribution is 0.233. The van der Waals surface area contributed by atoms with Gasteiger partial charge in [0.15, 0.2) is 0 Å². The van der Waals surface area contributed by atoms with Crippen LogP contribution in [0.2, 0.25) is 0 Å². The van der Waals surface area contributed by atoms with E-state index in [1.165, 1.54) is 37.1 Å². The van der Waals surface area contributed by atoms with Crippen LogP contribution in [0, 0.1) is 0 Å². The Morgan fingerprint density at radius 3 is 3.25 bits per heavy atom. The molecule has 1 aromatic rings. The molecule has 2 aliphatic heterocycles. The van der Waals surface area contributed by atoms with Gasteiger partial charge in [0.2, 0.25) is 0 Å². The second-order valence-corrected chi connectivity index (χ2v) is 5.49. The van der Waals surface area contributed by atoms with Gasteiger partial charge < -0.3 is 9.73 Å². The first kappa shape index (κ1) is 9.25. The number of fused-ring (bicyclic) bond motifs is 2. The van der Waals surface area contributed by atoms with Crippen LogP contribution in [0.5, 0.6) is 0 Å². The third-order valence-corrected chi connectivity index (χ3v) is 4.40. The summed E-state index contributed by atoms with van der Waals surface area (Å²) in [4.78, 5) is 2.64. The Bertz CT molecular complexity index is 410. The predicted molar refractivity (Wildman–Crippen MR) is 61.3 cm³/mol. The monoisotopic (exact) mass is 218 g/mol. The molecule has 0 radical (unpaired) electrons. The SMILES string of the molecule is c1cc2c(o1)C1(CCN(C3CC3)C1)NCC2. The van der Waals surface area contributed by atoms with Crippen molar-refractivity contribution < 1.29 is 4.42 Å². The molecule has 1 N–H and O–H groups in total. The van der Waals surface area contributed by atoms with Gasteiger partial charge in [-0.25, -0.2) is 0 Å². The van der Waals surface area contributed by atoms with Crippen LogP contribution in [0.15, 0.2) is 16.7 Å². The molecule has 2 fully saturated rings. The third-order valence-electron chi connectivity index (χ3n) is 4.40. The highest BCUT2D eigenvalue weighted by molar-refractivity contribution is 5.30. The van der Waals surface area contributed by atoms with E-state index in [0.29, 0.717) is 0 Å². The molecule has 1 saturated carbocycles. The number of hydrogen-bond acceptors (Lipinski definition) is 3. The second-order valence-electron chi connectivity index (χ2n) is 5.49. The van der Waals surface area contributed by atoms with Crippen LogP contribution in [0.3, 0.4) is 0 Å². The van der Waals surface area contributed by atoms with E-state index in [1.54, 1.807) is 0 Å². The van der Waals surface area contributed by atoms with Crippen molar-refractivity contribution in [2.24, 2.45) is 0 Å². The summed E-state index contributed by atoms with van der Waals surface area (Å²) in [6.45, 7) is 3.49. The summed E-state index contributed by atoms with van der Waals surface area (Å²) in [6, 6.07) is 3.03. The van der Waals surface area contributed by atoms with Crippen LogP contribution in [-0.2, 0) is 12.0 Å². The van der Waals surface area contributed by atoms with Gasteiger partial charge in [-0.1, -0.05) is 0 Å². The average Bonchev–Trinajstić information content (AvgIpc) is 2.88. The molecule has 16 heavy (non-hydrogen) atoms. The van der Waals surface area contributed by atoms with Crippen molar-refractivity contribution in [3.05, 3.63) is 23.7 Å². The smallest absolute Gasteiger partial charge is 0.128 e. The molecule has 1 saturated heterocycles. The highest BCUT2D eigenvalue weighted by Crippen LogP contribution is 2.41. The molecule has 3 nitrogen and oxygen atoms in total. The Labute approximate surface area is 95.8 Å². The minimum atomic E-state index is 0.139. The number of nitrogens with zero attached hydrogens (tertiary/aromatic N) is 1. The average molecular weight is 218 g/mol. The number of rotatable bonds is 1. The molecule has 1 atom stereocenters. The van der Waals surface area contributed by atoms with Crippen molar-refractivity contribution >= 4 is 0 Å². The zero-order valence-corrected chi connectivity index (χ0v) is 9.54. The van der Waals surface area contributed by atoms with Crippen molar-refractivity contribution in [1.82, 2.24) is 10.2 Å². The fourth-order valence-electron chi connectivity index (χ4n) is 3.39. The summed E-state index contributed by atoms with van der Waals surface area (Å²) in [7, 11) is 0. The molecule has 1 spiro atoms. The molecule has 0 aromatic carbocycles. The van der Waals surface area contributed by atoms with E-state index < -0.39 is 0 Å². The van der Waals surface area contributed by atoms with E-state index in [1.807, 2.05) is 6.26 Å². The number of likely N-dealkylation sites (tertiary alicyclic amines) is 1. The van der Waals surface area contributed by atoms with E-state index in [2.05, 4.69) is 16.3 Å². The number of nitrogens with one attached hydrogen (secondary N) is 1. The molecular weight excluding hydrogens is 200 g/mol. The number of furan rings is 1. The van der Waals surface area contributed by atoms with Crippen molar-refractivity contribution in [1.29, 1.82) is 0 Å². The highest BCUT2D eigenvalue weighted by atomic mass is 16.3. The van der Waals surface area contributed by atoms with Crippen LogP contribution in [0.4, 0.5) is 0 Å². The molecule has 3 aliphatic rings. The Hall–Kier alpha value is -0.800. The summed E-state index contributed by atoms with van der Waals surface area (Å²) in [5.41, 5.74) is 1.57. The summed E-state index contributed by atoms with van der Waals surface area (Å²) in [5, 5.41) is 3.71. The van der Waals surface area contributed by atoms with Gasteiger partial charge in [0.1, 0.15) is 5.76 Å². The Balaban J connectivity index is 1.68. The fourth-order valence-corrected chi connectivity index (χ4v) is 3.39. The molecule has 3 heteroatoms. The number of hydrogen-bond donors (Lipinski definition) is 1. The summed E-state index contributed by atoms with van der Waals surface area (Å²) >= 11 is 0.